The van der Waals surface area contributed by atoms with E-state index in [0.29, 0.717) is 25.1 Å². The van der Waals surface area contributed by atoms with Crippen LogP contribution in [0.4, 0.5) is 0 Å². The highest BCUT2D eigenvalue weighted by molar-refractivity contribution is 5.98. The minimum Gasteiger partial charge on any atom is -0.496 e. The molecule has 0 aliphatic rings. The fourth-order valence-corrected chi connectivity index (χ4v) is 2.70. The van der Waals surface area contributed by atoms with Crippen molar-refractivity contribution in [3.63, 3.8) is 0 Å². The number of pyridine rings is 1. The Balaban J connectivity index is 1.95. The van der Waals surface area contributed by atoms with E-state index in [1.54, 1.807) is 31.2 Å². The molecule has 144 valence electrons. The molecule has 1 heterocycles. The van der Waals surface area contributed by atoms with Crippen LogP contribution in [0.15, 0.2) is 42.6 Å². The van der Waals surface area contributed by atoms with Crippen molar-refractivity contribution in [3.05, 3.63) is 59.4 Å². The standard InChI is InChI=1S/C21H27N3O3/c1-4-5-14-24(2)21(26)18-15-17(11-12-22-18)20(25)23-13-10-16-8-6-7-9-19(16)27-3/h6-9,11-12,15H,4-5,10,13-14H2,1-3H3,(H,23,25). The van der Waals surface area contributed by atoms with E-state index in [0.717, 1.165) is 24.2 Å². The van der Waals surface area contributed by atoms with Gasteiger partial charge in [-0.2, -0.15) is 0 Å². The van der Waals surface area contributed by atoms with Crippen LogP contribution in [0.5, 0.6) is 5.75 Å². The number of benzene rings is 1. The van der Waals surface area contributed by atoms with E-state index in [2.05, 4.69) is 17.2 Å². The number of rotatable bonds is 9. The molecular formula is C21H27N3O3. The summed E-state index contributed by atoms with van der Waals surface area (Å²) in [4.78, 5) is 30.6. The van der Waals surface area contributed by atoms with Gasteiger partial charge in [0.1, 0.15) is 11.4 Å². The predicted octanol–water partition coefficient (Wildman–Crippen LogP) is 2.93. The lowest BCUT2D eigenvalue weighted by Gasteiger charge is -2.16. The molecule has 0 fully saturated rings. The van der Waals surface area contributed by atoms with Crippen molar-refractivity contribution in [3.8, 4) is 5.75 Å². The number of unbranched alkanes of at least 4 members (excludes halogenated alkanes) is 1. The Bertz CT molecular complexity index is 777. The summed E-state index contributed by atoms with van der Waals surface area (Å²) < 4.78 is 5.32. The number of hydrogen-bond donors (Lipinski definition) is 1. The summed E-state index contributed by atoms with van der Waals surface area (Å²) in [7, 11) is 3.38. The van der Waals surface area contributed by atoms with Gasteiger partial charge in [-0.25, -0.2) is 0 Å². The van der Waals surface area contributed by atoms with Crippen LogP contribution in [0.3, 0.4) is 0 Å². The zero-order valence-electron chi connectivity index (χ0n) is 16.2. The Morgan fingerprint density at radius 2 is 2.00 bits per heavy atom. The molecule has 0 atom stereocenters. The molecule has 1 N–H and O–H groups in total. The molecule has 0 radical (unpaired) electrons. The van der Waals surface area contributed by atoms with E-state index in [4.69, 9.17) is 4.74 Å². The molecule has 0 saturated carbocycles. The van der Waals surface area contributed by atoms with E-state index in [-0.39, 0.29) is 17.5 Å². The molecule has 2 rings (SSSR count). The summed E-state index contributed by atoms with van der Waals surface area (Å²) in [5.74, 6) is 0.406. The average molecular weight is 369 g/mol. The van der Waals surface area contributed by atoms with Gasteiger partial charge in [-0.15, -0.1) is 0 Å². The summed E-state index contributed by atoms with van der Waals surface area (Å²) >= 11 is 0. The third kappa shape index (κ3) is 5.81. The van der Waals surface area contributed by atoms with Crippen LogP contribution in [0.2, 0.25) is 0 Å². The normalized spacial score (nSPS) is 10.3. The molecule has 27 heavy (non-hydrogen) atoms. The van der Waals surface area contributed by atoms with Gasteiger partial charge in [-0.1, -0.05) is 31.5 Å². The second-order valence-corrected chi connectivity index (χ2v) is 6.33. The van der Waals surface area contributed by atoms with Crippen LogP contribution in [0, 0.1) is 0 Å². The Kier molecular flexibility index (Phi) is 7.79. The van der Waals surface area contributed by atoms with Gasteiger partial charge in [0.2, 0.25) is 0 Å². The maximum absolute atomic E-state index is 12.4. The van der Waals surface area contributed by atoms with Gasteiger partial charge >= 0.3 is 0 Å². The maximum Gasteiger partial charge on any atom is 0.272 e. The van der Waals surface area contributed by atoms with Crippen molar-refractivity contribution in [2.24, 2.45) is 0 Å². The molecule has 0 aliphatic heterocycles. The van der Waals surface area contributed by atoms with Gasteiger partial charge in [-0.3, -0.25) is 14.6 Å². The molecule has 6 nitrogen and oxygen atoms in total. The highest BCUT2D eigenvalue weighted by atomic mass is 16.5. The monoisotopic (exact) mass is 369 g/mol. The quantitative estimate of drug-likeness (QED) is 0.738. The van der Waals surface area contributed by atoms with E-state index >= 15 is 0 Å². The van der Waals surface area contributed by atoms with Crippen molar-refractivity contribution in [2.45, 2.75) is 26.2 Å². The molecule has 0 unspecified atom stereocenters. The molecule has 0 spiro atoms. The predicted molar refractivity (Wildman–Crippen MR) is 105 cm³/mol. The number of amides is 2. The van der Waals surface area contributed by atoms with Gasteiger partial charge in [0, 0.05) is 31.9 Å². The van der Waals surface area contributed by atoms with Crippen molar-refractivity contribution in [2.75, 3.05) is 27.2 Å². The summed E-state index contributed by atoms with van der Waals surface area (Å²) in [5, 5.41) is 2.88. The zero-order chi connectivity index (χ0) is 19.6. The lowest BCUT2D eigenvalue weighted by molar-refractivity contribution is 0.0787. The molecule has 0 aliphatic carbocycles. The fourth-order valence-electron chi connectivity index (χ4n) is 2.70. The maximum atomic E-state index is 12.4. The Morgan fingerprint density at radius 3 is 2.74 bits per heavy atom. The van der Waals surface area contributed by atoms with Gasteiger partial charge < -0.3 is 15.0 Å². The largest absolute Gasteiger partial charge is 0.496 e. The van der Waals surface area contributed by atoms with E-state index < -0.39 is 0 Å². The molecule has 0 bridgehead atoms. The SMILES string of the molecule is CCCCN(C)C(=O)c1cc(C(=O)NCCc2ccccc2OC)ccn1. The first-order valence-corrected chi connectivity index (χ1v) is 9.18. The zero-order valence-corrected chi connectivity index (χ0v) is 16.2. The van der Waals surface area contributed by atoms with Crippen molar-refractivity contribution < 1.29 is 14.3 Å². The number of methoxy groups -OCH3 is 1. The highest BCUT2D eigenvalue weighted by Crippen LogP contribution is 2.17. The van der Waals surface area contributed by atoms with Crippen LogP contribution in [-0.4, -0.2) is 48.9 Å². The third-order valence-corrected chi connectivity index (χ3v) is 4.31. The summed E-state index contributed by atoms with van der Waals surface area (Å²) in [6.45, 7) is 3.22. The Hall–Kier alpha value is -2.89. The number of carbonyl (C=O) groups excluding carboxylic acids is 2. The first-order valence-electron chi connectivity index (χ1n) is 9.18. The molecule has 6 heteroatoms. The lowest BCUT2D eigenvalue weighted by Crippen LogP contribution is -2.29. The number of aromatic nitrogens is 1. The molecule has 0 saturated heterocycles. The number of hydrogen-bond acceptors (Lipinski definition) is 4. The van der Waals surface area contributed by atoms with Crippen molar-refractivity contribution in [1.29, 1.82) is 0 Å². The van der Waals surface area contributed by atoms with E-state index in [1.807, 2.05) is 24.3 Å². The molecule has 1 aromatic carbocycles. The molecule has 2 amide bonds. The van der Waals surface area contributed by atoms with Crippen molar-refractivity contribution >= 4 is 11.8 Å². The average Bonchev–Trinajstić information content (AvgIpc) is 2.71. The summed E-state index contributed by atoms with van der Waals surface area (Å²) in [5.41, 5.74) is 1.74. The van der Waals surface area contributed by atoms with Crippen LogP contribution >= 0.6 is 0 Å². The number of nitrogens with zero attached hydrogens (tertiary/aromatic N) is 2. The van der Waals surface area contributed by atoms with Gasteiger partial charge in [0.25, 0.3) is 11.8 Å². The molecule has 1 aromatic heterocycles. The third-order valence-electron chi connectivity index (χ3n) is 4.31. The first kappa shape index (κ1) is 20.4. The minimum absolute atomic E-state index is 0.174. The lowest BCUT2D eigenvalue weighted by atomic mass is 10.1. The van der Waals surface area contributed by atoms with E-state index in [9.17, 15) is 9.59 Å². The van der Waals surface area contributed by atoms with Crippen LogP contribution in [-0.2, 0) is 6.42 Å². The van der Waals surface area contributed by atoms with Gasteiger partial charge in [0.15, 0.2) is 0 Å². The van der Waals surface area contributed by atoms with Crippen LogP contribution in [0.25, 0.3) is 0 Å². The number of ether oxygens (including phenoxy) is 1. The molecular weight excluding hydrogens is 342 g/mol. The molecule has 2 aromatic rings. The Labute approximate surface area is 160 Å². The highest BCUT2D eigenvalue weighted by Gasteiger charge is 2.15. The smallest absolute Gasteiger partial charge is 0.272 e. The summed E-state index contributed by atoms with van der Waals surface area (Å²) in [6, 6.07) is 10.9. The number of carbonyl (C=O) groups is 2. The van der Waals surface area contributed by atoms with E-state index in [1.165, 1.54) is 6.20 Å². The van der Waals surface area contributed by atoms with Gasteiger partial charge in [0.05, 0.1) is 7.11 Å². The summed E-state index contributed by atoms with van der Waals surface area (Å²) in [6.07, 6.45) is 4.10. The van der Waals surface area contributed by atoms with Crippen LogP contribution < -0.4 is 10.1 Å². The number of nitrogens with one attached hydrogen (secondary N) is 1. The second kappa shape index (κ2) is 10.3. The number of para-hydroxylation sites is 1. The first-order chi connectivity index (χ1) is 13.1. The van der Waals surface area contributed by atoms with Crippen molar-refractivity contribution in [1.82, 2.24) is 15.2 Å². The fraction of sp³-hybridized carbons (Fsp3) is 0.381. The second-order valence-electron chi connectivity index (χ2n) is 6.33. The topological polar surface area (TPSA) is 71.5 Å². The Morgan fingerprint density at radius 1 is 1.22 bits per heavy atom. The minimum atomic E-state index is -0.224. The van der Waals surface area contributed by atoms with Crippen LogP contribution in [0.1, 0.15) is 46.2 Å². The van der Waals surface area contributed by atoms with Gasteiger partial charge in [-0.05, 0) is 36.6 Å².